The van der Waals surface area contributed by atoms with Crippen LogP contribution in [0.5, 0.6) is 0 Å². The number of alkyl halides is 3. The Labute approximate surface area is 195 Å². The lowest BCUT2D eigenvalue weighted by molar-refractivity contribution is -0.145. The molecule has 1 aromatic heterocycles. The van der Waals surface area contributed by atoms with E-state index in [4.69, 9.17) is 5.73 Å². The summed E-state index contributed by atoms with van der Waals surface area (Å²) in [5.41, 5.74) is 2.48. The first-order valence-electron chi connectivity index (χ1n) is 11.4. The molecule has 186 valence electrons. The third-order valence-corrected chi connectivity index (χ3v) is 7.53. The molecular weight excluding hydrogens is 451 g/mol. The van der Waals surface area contributed by atoms with E-state index < -0.39 is 34.3 Å². The number of halogens is 3. The second-order valence-electron chi connectivity index (χ2n) is 10.7. The van der Waals surface area contributed by atoms with E-state index in [9.17, 15) is 27.6 Å². The first-order chi connectivity index (χ1) is 15.7. The van der Waals surface area contributed by atoms with Crippen molar-refractivity contribution in [2.45, 2.75) is 70.6 Å². The van der Waals surface area contributed by atoms with Gasteiger partial charge in [-0.1, -0.05) is 0 Å². The number of carbonyl (C=O) groups is 3. The van der Waals surface area contributed by atoms with Gasteiger partial charge in [0.25, 0.3) is 5.91 Å². The molecule has 0 aliphatic heterocycles. The largest absolute Gasteiger partial charge is 0.434 e. The van der Waals surface area contributed by atoms with Crippen LogP contribution in [0.25, 0.3) is 6.20 Å². The maximum atomic E-state index is 13.9. The van der Waals surface area contributed by atoms with Crippen LogP contribution in [0.15, 0.2) is 12.3 Å². The predicted octanol–water partition coefficient (Wildman–Crippen LogP) is 2.70. The van der Waals surface area contributed by atoms with Gasteiger partial charge >= 0.3 is 6.18 Å². The van der Waals surface area contributed by atoms with E-state index in [2.05, 4.69) is 15.7 Å². The van der Waals surface area contributed by atoms with Gasteiger partial charge in [-0.2, -0.15) is 18.3 Å². The fourth-order valence-electron chi connectivity index (χ4n) is 6.47. The van der Waals surface area contributed by atoms with Gasteiger partial charge in [-0.15, -0.1) is 0 Å². The molecule has 8 nitrogen and oxygen atoms in total. The summed E-state index contributed by atoms with van der Waals surface area (Å²) in [6.45, 7) is 4.56. The highest BCUT2D eigenvalue weighted by molar-refractivity contribution is 5.95. The third-order valence-electron chi connectivity index (χ3n) is 7.53. The number of hydrogen-bond donors (Lipinski definition) is 3. The molecule has 4 saturated carbocycles. The van der Waals surface area contributed by atoms with Gasteiger partial charge in [0.2, 0.25) is 11.8 Å². The van der Waals surface area contributed by atoms with E-state index in [1.54, 1.807) is 13.8 Å². The standard InChI is InChI=1S/C23H30F3N5O3/c1-12(32)30-21(2,3)4-5-31-18(23(24,25)26)16(11-28-31)19(33)29-17-14-6-13-7-15(17)10-22(8-13,9-14)20(27)34/h4-5,11,13-15,17H,6-10H2,1-3H3,(H2,27,34)(H,29,33)(H,30,32)/b5-4+. The SMILES string of the molecule is CC(=O)NC(C)(C)/C=C/n1ncc(C(=O)NC2C3CC4CC2CC(C(N)=O)(C4)C3)c1C(F)(F)F. The normalized spacial score (nSPS) is 30.5. The first kappa shape index (κ1) is 24.3. The van der Waals surface area contributed by atoms with Crippen molar-refractivity contribution < 1.29 is 27.6 Å². The van der Waals surface area contributed by atoms with Crippen molar-refractivity contribution in [2.24, 2.45) is 28.9 Å². The molecule has 4 bridgehead atoms. The lowest BCUT2D eigenvalue weighted by Gasteiger charge is -2.58. The van der Waals surface area contributed by atoms with Crippen LogP contribution in [0.4, 0.5) is 13.2 Å². The molecule has 11 heteroatoms. The molecule has 4 aliphatic carbocycles. The molecule has 4 aliphatic rings. The number of aromatic nitrogens is 2. The zero-order valence-electron chi connectivity index (χ0n) is 19.4. The number of hydrogen-bond acceptors (Lipinski definition) is 4. The van der Waals surface area contributed by atoms with Crippen LogP contribution in [-0.4, -0.2) is 39.1 Å². The van der Waals surface area contributed by atoms with Gasteiger partial charge in [0.05, 0.1) is 17.3 Å². The van der Waals surface area contributed by atoms with Gasteiger partial charge in [-0.05, 0) is 69.8 Å². The number of primary amides is 1. The molecule has 34 heavy (non-hydrogen) atoms. The topological polar surface area (TPSA) is 119 Å². The van der Waals surface area contributed by atoms with Crippen LogP contribution in [0, 0.1) is 23.2 Å². The predicted molar refractivity (Wildman–Crippen MR) is 117 cm³/mol. The van der Waals surface area contributed by atoms with E-state index in [1.165, 1.54) is 13.0 Å². The van der Waals surface area contributed by atoms with Crippen LogP contribution in [0.2, 0.25) is 0 Å². The highest BCUT2D eigenvalue weighted by atomic mass is 19.4. The summed E-state index contributed by atoms with van der Waals surface area (Å²) in [6.07, 6.45) is 2.11. The van der Waals surface area contributed by atoms with Crippen molar-refractivity contribution >= 4 is 23.9 Å². The molecule has 0 aromatic carbocycles. The fourth-order valence-corrected chi connectivity index (χ4v) is 6.47. The summed E-state index contributed by atoms with van der Waals surface area (Å²) < 4.78 is 42.4. The monoisotopic (exact) mass is 481 g/mol. The van der Waals surface area contributed by atoms with Gasteiger partial charge < -0.3 is 16.4 Å². The van der Waals surface area contributed by atoms with Crippen LogP contribution >= 0.6 is 0 Å². The lowest BCUT2D eigenvalue weighted by atomic mass is 9.47. The molecule has 1 heterocycles. The smallest absolute Gasteiger partial charge is 0.369 e. The average Bonchev–Trinajstić information content (AvgIpc) is 3.12. The number of amides is 3. The maximum absolute atomic E-state index is 13.9. The fraction of sp³-hybridized carbons (Fsp3) is 0.652. The minimum atomic E-state index is -4.83. The van der Waals surface area contributed by atoms with Crippen molar-refractivity contribution in [1.29, 1.82) is 0 Å². The Morgan fingerprint density at radius 1 is 1.18 bits per heavy atom. The van der Waals surface area contributed by atoms with Crippen molar-refractivity contribution in [1.82, 2.24) is 20.4 Å². The summed E-state index contributed by atoms with van der Waals surface area (Å²) >= 11 is 0. The molecule has 2 unspecified atom stereocenters. The highest BCUT2D eigenvalue weighted by Gasteiger charge is 2.58. The minimum Gasteiger partial charge on any atom is -0.369 e. The maximum Gasteiger partial charge on any atom is 0.434 e. The van der Waals surface area contributed by atoms with E-state index >= 15 is 0 Å². The van der Waals surface area contributed by atoms with E-state index in [0.29, 0.717) is 23.4 Å². The molecule has 0 spiro atoms. The van der Waals surface area contributed by atoms with Crippen LogP contribution in [-0.2, 0) is 15.8 Å². The second kappa shape index (κ2) is 8.13. The zero-order chi connectivity index (χ0) is 25.1. The van der Waals surface area contributed by atoms with Crippen molar-refractivity contribution in [3.63, 3.8) is 0 Å². The third kappa shape index (κ3) is 4.44. The Hall–Kier alpha value is -2.85. The van der Waals surface area contributed by atoms with Gasteiger partial charge in [-0.25, -0.2) is 4.68 Å². The molecule has 2 atom stereocenters. The first-order valence-corrected chi connectivity index (χ1v) is 11.4. The van der Waals surface area contributed by atoms with Crippen molar-refractivity contribution in [3.8, 4) is 0 Å². The van der Waals surface area contributed by atoms with Crippen LogP contribution < -0.4 is 16.4 Å². The summed E-state index contributed by atoms with van der Waals surface area (Å²) in [7, 11) is 0. The van der Waals surface area contributed by atoms with Crippen LogP contribution in [0.3, 0.4) is 0 Å². The van der Waals surface area contributed by atoms with E-state index in [-0.39, 0.29) is 29.7 Å². The average molecular weight is 482 g/mol. The molecule has 3 amide bonds. The quantitative estimate of drug-likeness (QED) is 0.579. The molecule has 0 saturated heterocycles. The van der Waals surface area contributed by atoms with Crippen molar-refractivity contribution in [2.75, 3.05) is 0 Å². The molecule has 5 rings (SSSR count). The number of nitrogens with one attached hydrogen (secondary N) is 2. The molecular formula is C23H30F3N5O3. The Balaban J connectivity index is 1.56. The summed E-state index contributed by atoms with van der Waals surface area (Å²) in [5, 5.41) is 9.22. The number of nitrogens with two attached hydrogens (primary N) is 1. The summed E-state index contributed by atoms with van der Waals surface area (Å²) in [6, 6.07) is -0.296. The summed E-state index contributed by atoms with van der Waals surface area (Å²) in [5.74, 6) is -1.08. The van der Waals surface area contributed by atoms with E-state index in [0.717, 1.165) is 31.7 Å². The van der Waals surface area contributed by atoms with Gasteiger partial charge in [0.1, 0.15) is 0 Å². The minimum absolute atomic E-state index is 0.0189. The second-order valence-corrected chi connectivity index (χ2v) is 10.7. The van der Waals surface area contributed by atoms with Crippen LogP contribution in [0.1, 0.15) is 68.9 Å². The Kier molecular flexibility index (Phi) is 5.80. The number of nitrogens with zero attached hydrogens (tertiary/aromatic N) is 2. The van der Waals surface area contributed by atoms with E-state index in [1.807, 2.05) is 0 Å². The highest BCUT2D eigenvalue weighted by Crippen LogP contribution is 2.60. The van der Waals surface area contributed by atoms with Gasteiger partial charge in [0, 0.05) is 24.6 Å². The lowest BCUT2D eigenvalue weighted by Crippen LogP contribution is -2.62. The summed E-state index contributed by atoms with van der Waals surface area (Å²) in [4.78, 5) is 36.5. The van der Waals surface area contributed by atoms with Gasteiger partial charge in [-0.3, -0.25) is 14.4 Å². The molecule has 4 N–H and O–H groups in total. The van der Waals surface area contributed by atoms with Gasteiger partial charge in [0.15, 0.2) is 5.69 Å². The van der Waals surface area contributed by atoms with Crippen molar-refractivity contribution in [3.05, 3.63) is 23.5 Å². The Morgan fingerprint density at radius 3 is 2.32 bits per heavy atom. The molecule has 4 fully saturated rings. The Morgan fingerprint density at radius 2 is 1.79 bits per heavy atom. The Bertz CT molecular complexity index is 1030. The zero-order valence-corrected chi connectivity index (χ0v) is 19.4. The number of carbonyl (C=O) groups excluding carboxylic acids is 3. The molecule has 0 radical (unpaired) electrons. The molecule has 1 aromatic rings. The number of rotatable bonds is 6.